The summed E-state index contributed by atoms with van der Waals surface area (Å²) >= 11 is 0. The second-order valence-corrected chi connectivity index (χ2v) is 7.86. The number of carbonyl (C=O) groups is 1. The summed E-state index contributed by atoms with van der Waals surface area (Å²) in [6.45, 7) is 6.10. The van der Waals surface area contributed by atoms with E-state index in [1.807, 2.05) is 34.8 Å². The summed E-state index contributed by atoms with van der Waals surface area (Å²) in [6.07, 6.45) is 7.87. The molecule has 5 rings (SSSR count). The molecule has 2 aliphatic rings. The normalized spacial score (nSPS) is 19.9. The van der Waals surface area contributed by atoms with Crippen molar-refractivity contribution >= 4 is 16.9 Å². The van der Waals surface area contributed by atoms with Crippen LogP contribution < -0.4 is 10.1 Å². The molecule has 1 N–H and O–H groups in total. The molecular weight excluding hydrogens is 384 g/mol. The van der Waals surface area contributed by atoms with E-state index in [0.29, 0.717) is 30.6 Å². The van der Waals surface area contributed by atoms with Crippen molar-refractivity contribution in [2.24, 2.45) is 13.0 Å². The summed E-state index contributed by atoms with van der Waals surface area (Å²) < 4.78 is 15.4. The summed E-state index contributed by atoms with van der Waals surface area (Å²) in [5, 5.41) is 7.37. The van der Waals surface area contributed by atoms with Gasteiger partial charge in [0.15, 0.2) is 0 Å². The fourth-order valence-electron chi connectivity index (χ4n) is 4.02. The average Bonchev–Trinajstić information content (AvgIpc) is 3.49. The van der Waals surface area contributed by atoms with Gasteiger partial charge in [0.1, 0.15) is 11.3 Å². The molecule has 2 fully saturated rings. The summed E-state index contributed by atoms with van der Waals surface area (Å²) in [5.41, 5.74) is 3.21. The quantitative estimate of drug-likeness (QED) is 0.651. The number of aryl methyl sites for hydroxylation is 1. The van der Waals surface area contributed by atoms with Gasteiger partial charge in [-0.25, -0.2) is 9.97 Å². The predicted octanol–water partition coefficient (Wildman–Crippen LogP) is 2.21. The fourth-order valence-corrected chi connectivity index (χ4v) is 4.02. The molecule has 2 aliphatic heterocycles. The number of hydrogen-bond donors (Lipinski definition) is 1. The molecule has 0 aliphatic carbocycles. The number of rotatable bonds is 5. The van der Waals surface area contributed by atoms with Gasteiger partial charge in [-0.1, -0.05) is 6.58 Å². The van der Waals surface area contributed by atoms with Gasteiger partial charge in [0, 0.05) is 50.9 Å². The zero-order chi connectivity index (χ0) is 20.7. The summed E-state index contributed by atoms with van der Waals surface area (Å²) in [5.74, 6) is 0.907. The van der Waals surface area contributed by atoms with E-state index in [1.165, 1.54) is 0 Å². The van der Waals surface area contributed by atoms with Crippen LogP contribution in [0.15, 0.2) is 37.1 Å². The first kappa shape index (κ1) is 18.8. The molecule has 1 amide bonds. The lowest BCUT2D eigenvalue weighted by atomic mass is 10.1. The minimum absolute atomic E-state index is 0.0117. The number of nitrogens with one attached hydrogen (secondary N) is 1. The van der Waals surface area contributed by atoms with E-state index < -0.39 is 0 Å². The molecule has 0 saturated carbocycles. The maximum atomic E-state index is 11.6. The van der Waals surface area contributed by atoms with Crippen molar-refractivity contribution in [3.63, 3.8) is 0 Å². The van der Waals surface area contributed by atoms with Crippen LogP contribution in [0.2, 0.25) is 0 Å². The maximum Gasteiger partial charge on any atom is 0.246 e. The van der Waals surface area contributed by atoms with Crippen LogP contribution in [0.25, 0.3) is 22.3 Å². The Balaban J connectivity index is 1.47. The van der Waals surface area contributed by atoms with E-state index in [2.05, 4.69) is 22.0 Å². The van der Waals surface area contributed by atoms with Crippen LogP contribution in [0.1, 0.15) is 25.3 Å². The lowest BCUT2D eigenvalue weighted by Gasteiger charge is -2.22. The van der Waals surface area contributed by atoms with Crippen LogP contribution >= 0.6 is 0 Å². The van der Waals surface area contributed by atoms with Crippen LogP contribution in [-0.4, -0.2) is 50.0 Å². The first-order valence-electron chi connectivity index (χ1n) is 10.2. The molecule has 2 saturated heterocycles. The molecule has 156 valence electrons. The molecule has 3 aromatic rings. The van der Waals surface area contributed by atoms with Crippen LogP contribution in [0.5, 0.6) is 5.88 Å². The Morgan fingerprint density at radius 3 is 2.97 bits per heavy atom. The van der Waals surface area contributed by atoms with Crippen molar-refractivity contribution in [1.82, 2.24) is 29.6 Å². The number of imidazole rings is 1. The van der Waals surface area contributed by atoms with E-state index >= 15 is 0 Å². The van der Waals surface area contributed by atoms with Crippen molar-refractivity contribution in [3.05, 3.63) is 37.1 Å². The molecule has 1 atom stereocenters. The summed E-state index contributed by atoms with van der Waals surface area (Å²) in [6, 6.07) is 2.28. The van der Waals surface area contributed by atoms with Gasteiger partial charge >= 0.3 is 0 Å². The van der Waals surface area contributed by atoms with Gasteiger partial charge in [0.2, 0.25) is 11.8 Å². The maximum absolute atomic E-state index is 11.6. The Kier molecular flexibility index (Phi) is 4.74. The number of hydrogen-bond acceptors (Lipinski definition) is 6. The van der Waals surface area contributed by atoms with Gasteiger partial charge in [-0.05, 0) is 18.9 Å². The van der Waals surface area contributed by atoms with Crippen LogP contribution in [0, 0.1) is 5.92 Å². The Hall–Kier alpha value is -3.20. The van der Waals surface area contributed by atoms with Gasteiger partial charge in [-0.3, -0.25) is 9.48 Å². The lowest BCUT2D eigenvalue weighted by molar-refractivity contribution is -0.119. The largest absolute Gasteiger partial charge is 0.442 e. The van der Waals surface area contributed by atoms with Crippen LogP contribution in [0.4, 0.5) is 0 Å². The Labute approximate surface area is 173 Å². The lowest BCUT2D eigenvalue weighted by Crippen LogP contribution is -2.19. The van der Waals surface area contributed by atoms with E-state index in [4.69, 9.17) is 14.5 Å². The second kappa shape index (κ2) is 7.56. The third-order valence-electron chi connectivity index (χ3n) is 5.79. The molecule has 0 aromatic carbocycles. The summed E-state index contributed by atoms with van der Waals surface area (Å²) in [7, 11) is 1.90. The minimum Gasteiger partial charge on any atom is -0.442 e. The highest BCUT2D eigenvalue weighted by Gasteiger charge is 2.27. The van der Waals surface area contributed by atoms with Crippen LogP contribution in [-0.2, 0) is 16.6 Å². The van der Waals surface area contributed by atoms with E-state index in [9.17, 15) is 4.79 Å². The molecule has 5 heterocycles. The van der Waals surface area contributed by atoms with E-state index in [-0.39, 0.29) is 11.8 Å². The number of amides is 1. The number of nitrogens with zero attached hydrogens (tertiary/aromatic N) is 5. The number of carbonyl (C=O) groups excluding carboxylic acids is 1. The smallest absolute Gasteiger partial charge is 0.246 e. The topological polar surface area (TPSA) is 96.1 Å². The average molecular weight is 408 g/mol. The highest BCUT2D eigenvalue weighted by molar-refractivity contribution is 5.84. The van der Waals surface area contributed by atoms with Gasteiger partial charge < -0.3 is 19.4 Å². The third-order valence-corrected chi connectivity index (χ3v) is 5.79. The Bertz CT molecular complexity index is 1110. The molecule has 0 unspecified atom stereocenters. The van der Waals surface area contributed by atoms with Gasteiger partial charge in [0.05, 0.1) is 29.8 Å². The van der Waals surface area contributed by atoms with Crippen molar-refractivity contribution in [1.29, 1.82) is 0 Å². The number of fused-ring (bicyclic) bond motifs is 1. The van der Waals surface area contributed by atoms with Gasteiger partial charge in [-0.2, -0.15) is 5.10 Å². The van der Waals surface area contributed by atoms with Crippen molar-refractivity contribution in [2.45, 2.75) is 25.3 Å². The molecule has 0 spiro atoms. The SMILES string of the molecule is C=C(Oc1nc(-c2cnn(C3CCOCC3)c2)cc2ncn(C)c12)[C@H]1CNC(=O)C1. The predicted molar refractivity (Wildman–Crippen MR) is 110 cm³/mol. The Morgan fingerprint density at radius 2 is 2.20 bits per heavy atom. The highest BCUT2D eigenvalue weighted by Crippen LogP contribution is 2.32. The van der Waals surface area contributed by atoms with Crippen LogP contribution in [0.3, 0.4) is 0 Å². The molecule has 9 nitrogen and oxygen atoms in total. The zero-order valence-corrected chi connectivity index (χ0v) is 16.9. The zero-order valence-electron chi connectivity index (χ0n) is 16.9. The fraction of sp³-hybridized carbons (Fsp3) is 0.429. The number of pyridine rings is 1. The minimum atomic E-state index is -0.0671. The molecule has 9 heteroatoms. The molecule has 0 bridgehead atoms. The van der Waals surface area contributed by atoms with E-state index in [1.54, 1.807) is 6.33 Å². The number of ether oxygens (including phenoxy) is 2. The van der Waals surface area contributed by atoms with E-state index in [0.717, 1.165) is 48.3 Å². The van der Waals surface area contributed by atoms with Gasteiger partial charge in [0.25, 0.3) is 0 Å². The summed E-state index contributed by atoms with van der Waals surface area (Å²) in [4.78, 5) is 20.8. The third kappa shape index (κ3) is 3.45. The second-order valence-electron chi connectivity index (χ2n) is 7.86. The molecule has 0 radical (unpaired) electrons. The van der Waals surface area contributed by atoms with Crippen molar-refractivity contribution in [2.75, 3.05) is 19.8 Å². The molecule has 30 heavy (non-hydrogen) atoms. The highest BCUT2D eigenvalue weighted by atomic mass is 16.5. The van der Waals surface area contributed by atoms with Gasteiger partial charge in [-0.15, -0.1) is 0 Å². The first-order valence-corrected chi connectivity index (χ1v) is 10.2. The standard InChI is InChI=1S/C21H24N6O3/c1-13(14-7-19(28)22-9-14)30-21-20-18(23-12-26(20)2)8-17(25-21)15-10-24-27(11-15)16-3-5-29-6-4-16/h8,10-12,14,16H,1,3-7,9H2,2H3,(H,22,28)/t14-/m1/s1. The first-order chi connectivity index (χ1) is 14.6. The van der Waals surface area contributed by atoms with Crippen molar-refractivity contribution in [3.8, 4) is 17.1 Å². The molecule has 3 aromatic heterocycles. The van der Waals surface area contributed by atoms with Crippen molar-refractivity contribution < 1.29 is 14.3 Å². The molecular formula is C21H24N6O3. The Morgan fingerprint density at radius 1 is 1.37 bits per heavy atom. The monoisotopic (exact) mass is 408 g/mol. The number of aromatic nitrogens is 5.